The molecule has 2 aromatic carbocycles. The van der Waals surface area contributed by atoms with E-state index in [2.05, 4.69) is 15.3 Å². The Balaban J connectivity index is 2.10. The first-order valence-electron chi connectivity index (χ1n) is 8.71. The predicted octanol–water partition coefficient (Wildman–Crippen LogP) is 4.21. The molecule has 3 rings (SSSR count). The molecular weight excluding hydrogens is 403 g/mol. The second-order valence-electron chi connectivity index (χ2n) is 6.24. The number of hydrogen-bond donors (Lipinski definition) is 1. The summed E-state index contributed by atoms with van der Waals surface area (Å²) in [7, 11) is 3.02. The summed E-state index contributed by atoms with van der Waals surface area (Å²) in [5.74, 6) is 0.146. The van der Waals surface area contributed by atoms with Crippen LogP contribution in [0.1, 0.15) is 6.92 Å². The maximum atomic E-state index is 12.7. The largest absolute Gasteiger partial charge is 0.493 e. The predicted molar refractivity (Wildman–Crippen MR) is 104 cm³/mol. The standard InChI is InChI=1S/C20H18F3N3O4/c1-11(27)24-19-25-15-6-4-12(13-5-7-16(28-2)17(9-13)29-3)8-14(15)18(26-19)30-10-20(21,22)23/h4-9H,10H2,1-3H3,(H,24,25,26,27). The average Bonchev–Trinajstić information content (AvgIpc) is 2.70. The lowest BCUT2D eigenvalue weighted by molar-refractivity contribution is -0.153. The van der Waals surface area contributed by atoms with E-state index >= 15 is 0 Å². The normalized spacial score (nSPS) is 11.3. The molecule has 1 N–H and O–H groups in total. The Bertz CT molecular complexity index is 1090. The fourth-order valence-electron chi connectivity index (χ4n) is 2.77. The quantitative estimate of drug-likeness (QED) is 0.642. The molecule has 0 saturated heterocycles. The Morgan fingerprint density at radius 3 is 2.30 bits per heavy atom. The van der Waals surface area contributed by atoms with Crippen molar-refractivity contribution in [3.8, 4) is 28.5 Å². The van der Waals surface area contributed by atoms with E-state index in [9.17, 15) is 18.0 Å². The van der Waals surface area contributed by atoms with E-state index in [1.807, 2.05) is 0 Å². The number of nitrogens with zero attached hydrogens (tertiary/aromatic N) is 2. The lowest BCUT2D eigenvalue weighted by Gasteiger charge is -2.13. The maximum absolute atomic E-state index is 12.7. The fraction of sp³-hybridized carbons (Fsp3) is 0.250. The number of hydrogen-bond acceptors (Lipinski definition) is 6. The highest BCUT2D eigenvalue weighted by atomic mass is 19.4. The first-order valence-corrected chi connectivity index (χ1v) is 8.71. The molecule has 158 valence electrons. The van der Waals surface area contributed by atoms with E-state index in [0.717, 1.165) is 5.56 Å². The number of halogens is 3. The van der Waals surface area contributed by atoms with Crippen LogP contribution in [-0.4, -0.2) is 42.9 Å². The summed E-state index contributed by atoms with van der Waals surface area (Å²) in [4.78, 5) is 19.4. The molecule has 1 aromatic heterocycles. The van der Waals surface area contributed by atoms with Crippen molar-refractivity contribution in [1.29, 1.82) is 0 Å². The Labute approximate surface area is 169 Å². The smallest absolute Gasteiger partial charge is 0.422 e. The van der Waals surface area contributed by atoms with Gasteiger partial charge in [-0.2, -0.15) is 18.2 Å². The molecule has 30 heavy (non-hydrogen) atoms. The zero-order valence-corrected chi connectivity index (χ0v) is 16.3. The number of rotatable bonds is 6. The summed E-state index contributed by atoms with van der Waals surface area (Å²) in [5.41, 5.74) is 1.73. The summed E-state index contributed by atoms with van der Waals surface area (Å²) >= 11 is 0. The molecule has 0 spiro atoms. The van der Waals surface area contributed by atoms with E-state index < -0.39 is 18.7 Å². The van der Waals surface area contributed by atoms with Gasteiger partial charge in [0.2, 0.25) is 17.7 Å². The molecule has 1 heterocycles. The third kappa shape index (κ3) is 4.88. The van der Waals surface area contributed by atoms with E-state index in [1.54, 1.807) is 36.4 Å². The van der Waals surface area contributed by atoms with Gasteiger partial charge < -0.3 is 14.2 Å². The van der Waals surface area contributed by atoms with E-state index in [4.69, 9.17) is 14.2 Å². The van der Waals surface area contributed by atoms with Gasteiger partial charge in [-0.1, -0.05) is 12.1 Å². The summed E-state index contributed by atoms with van der Waals surface area (Å²) in [6.07, 6.45) is -4.55. The molecule has 0 bridgehead atoms. The van der Waals surface area contributed by atoms with Crippen molar-refractivity contribution in [2.75, 3.05) is 26.1 Å². The van der Waals surface area contributed by atoms with Crippen molar-refractivity contribution in [2.24, 2.45) is 0 Å². The van der Waals surface area contributed by atoms with Gasteiger partial charge >= 0.3 is 6.18 Å². The molecule has 1 amide bonds. The van der Waals surface area contributed by atoms with Gasteiger partial charge in [0, 0.05) is 6.92 Å². The zero-order chi connectivity index (χ0) is 21.9. The van der Waals surface area contributed by atoms with Crippen molar-refractivity contribution in [1.82, 2.24) is 9.97 Å². The molecule has 3 aromatic rings. The molecule has 0 aliphatic carbocycles. The minimum atomic E-state index is -4.55. The molecule has 0 aliphatic heterocycles. The van der Waals surface area contributed by atoms with Crippen LogP contribution < -0.4 is 19.5 Å². The van der Waals surface area contributed by atoms with Crippen LogP contribution in [0, 0.1) is 0 Å². The van der Waals surface area contributed by atoms with Crippen molar-refractivity contribution in [3.05, 3.63) is 36.4 Å². The van der Waals surface area contributed by atoms with E-state index in [1.165, 1.54) is 21.1 Å². The van der Waals surface area contributed by atoms with Gasteiger partial charge in [0.1, 0.15) is 0 Å². The van der Waals surface area contributed by atoms with Crippen molar-refractivity contribution >= 4 is 22.8 Å². The first-order chi connectivity index (χ1) is 14.2. The van der Waals surface area contributed by atoms with Gasteiger partial charge in [0.15, 0.2) is 18.1 Å². The second-order valence-corrected chi connectivity index (χ2v) is 6.24. The van der Waals surface area contributed by atoms with Crippen LogP contribution in [0.5, 0.6) is 17.4 Å². The first kappa shape index (κ1) is 21.2. The van der Waals surface area contributed by atoms with Gasteiger partial charge in [-0.15, -0.1) is 0 Å². The van der Waals surface area contributed by atoms with Crippen LogP contribution in [0.2, 0.25) is 0 Å². The summed E-state index contributed by atoms with van der Waals surface area (Å²) in [6.45, 7) is -0.289. The van der Waals surface area contributed by atoms with Gasteiger partial charge in [0.25, 0.3) is 0 Å². The van der Waals surface area contributed by atoms with Crippen molar-refractivity contribution in [3.63, 3.8) is 0 Å². The number of aromatic nitrogens is 2. The molecule has 10 heteroatoms. The number of carbonyl (C=O) groups excluding carboxylic acids is 1. The topological polar surface area (TPSA) is 82.6 Å². The van der Waals surface area contributed by atoms with Crippen LogP contribution in [0.3, 0.4) is 0 Å². The van der Waals surface area contributed by atoms with Gasteiger partial charge in [0.05, 0.1) is 25.1 Å². The zero-order valence-electron chi connectivity index (χ0n) is 16.3. The molecule has 0 radical (unpaired) electrons. The lowest BCUT2D eigenvalue weighted by atomic mass is 10.0. The summed E-state index contributed by atoms with van der Waals surface area (Å²) in [5, 5.41) is 2.62. The number of anilines is 1. The number of fused-ring (bicyclic) bond motifs is 1. The highest BCUT2D eigenvalue weighted by Crippen LogP contribution is 2.35. The average molecular weight is 421 g/mol. The Hall–Kier alpha value is -3.56. The lowest BCUT2D eigenvalue weighted by Crippen LogP contribution is -2.20. The number of carbonyl (C=O) groups is 1. The number of benzene rings is 2. The number of alkyl halides is 3. The van der Waals surface area contributed by atoms with E-state index in [0.29, 0.717) is 22.6 Å². The van der Waals surface area contributed by atoms with Crippen molar-refractivity contribution < 1.29 is 32.2 Å². The molecular formula is C20H18F3N3O4. The second kappa shape index (κ2) is 8.44. The molecule has 0 fully saturated rings. The molecule has 0 saturated carbocycles. The highest BCUT2D eigenvalue weighted by Gasteiger charge is 2.29. The third-order valence-corrected chi connectivity index (χ3v) is 4.04. The Morgan fingerprint density at radius 1 is 1.00 bits per heavy atom. The monoisotopic (exact) mass is 421 g/mol. The van der Waals surface area contributed by atoms with Gasteiger partial charge in [-0.3, -0.25) is 10.1 Å². The van der Waals surface area contributed by atoms with Gasteiger partial charge in [-0.05, 0) is 35.4 Å². The van der Waals surface area contributed by atoms with Crippen molar-refractivity contribution in [2.45, 2.75) is 13.1 Å². The minimum Gasteiger partial charge on any atom is -0.493 e. The van der Waals surface area contributed by atoms with Crippen LogP contribution in [-0.2, 0) is 4.79 Å². The third-order valence-electron chi connectivity index (χ3n) is 4.04. The van der Waals surface area contributed by atoms with Crippen LogP contribution in [0.25, 0.3) is 22.0 Å². The number of amides is 1. The molecule has 0 atom stereocenters. The molecule has 0 aliphatic rings. The van der Waals surface area contributed by atoms with Crippen LogP contribution >= 0.6 is 0 Å². The fourth-order valence-corrected chi connectivity index (χ4v) is 2.77. The number of methoxy groups -OCH3 is 2. The van der Waals surface area contributed by atoms with Crippen LogP contribution in [0.15, 0.2) is 36.4 Å². The van der Waals surface area contributed by atoms with Gasteiger partial charge in [-0.25, -0.2) is 4.98 Å². The summed E-state index contributed by atoms with van der Waals surface area (Å²) in [6, 6.07) is 10.2. The molecule has 0 unspecified atom stereocenters. The van der Waals surface area contributed by atoms with Crippen LogP contribution in [0.4, 0.5) is 19.1 Å². The molecule has 7 nitrogen and oxygen atoms in total. The SMILES string of the molecule is COc1ccc(-c2ccc3nc(NC(C)=O)nc(OCC(F)(F)F)c3c2)cc1OC. The Kier molecular flexibility index (Phi) is 5.95. The number of ether oxygens (including phenoxy) is 3. The maximum Gasteiger partial charge on any atom is 0.422 e. The highest BCUT2D eigenvalue weighted by molar-refractivity contribution is 5.92. The number of nitrogens with one attached hydrogen (secondary N) is 1. The Morgan fingerprint density at radius 2 is 1.67 bits per heavy atom. The van der Waals surface area contributed by atoms with E-state index in [-0.39, 0.29) is 17.2 Å². The summed E-state index contributed by atoms with van der Waals surface area (Å²) < 4.78 is 53.5. The minimum absolute atomic E-state index is 0.147.